The average molecular weight is 233 g/mol. The van der Waals surface area contributed by atoms with E-state index in [0.717, 1.165) is 18.8 Å². The molecular formula is C15H23NO. The molecule has 2 nitrogen and oxygen atoms in total. The first-order valence-corrected chi connectivity index (χ1v) is 6.78. The molecule has 0 bridgehead atoms. The van der Waals surface area contributed by atoms with Gasteiger partial charge < -0.3 is 10.5 Å². The normalized spacial score (nSPS) is 24.6. The first kappa shape index (κ1) is 12.4. The Balaban J connectivity index is 1.93. The quantitative estimate of drug-likeness (QED) is 0.864. The third-order valence-corrected chi connectivity index (χ3v) is 3.60. The molecule has 0 amide bonds. The summed E-state index contributed by atoms with van der Waals surface area (Å²) in [5, 5.41) is 0. The van der Waals surface area contributed by atoms with E-state index in [4.69, 9.17) is 10.5 Å². The summed E-state index contributed by atoms with van der Waals surface area (Å²) in [5.74, 6) is 1.69. The molecule has 2 N–H and O–H groups in total. The highest BCUT2D eigenvalue weighted by Gasteiger charge is 2.19. The smallest absolute Gasteiger partial charge is 0.119 e. The number of rotatable bonds is 4. The van der Waals surface area contributed by atoms with Crippen molar-refractivity contribution >= 4 is 0 Å². The van der Waals surface area contributed by atoms with Crippen LogP contribution in [0.5, 0.6) is 5.75 Å². The maximum Gasteiger partial charge on any atom is 0.119 e. The summed E-state index contributed by atoms with van der Waals surface area (Å²) in [6.07, 6.45) is 5.85. The molecule has 0 aromatic heterocycles. The van der Waals surface area contributed by atoms with Gasteiger partial charge in [-0.2, -0.15) is 0 Å². The van der Waals surface area contributed by atoms with E-state index < -0.39 is 0 Å². The number of benzene rings is 1. The van der Waals surface area contributed by atoms with E-state index in [-0.39, 0.29) is 0 Å². The fraction of sp³-hybridized carbons (Fsp3) is 0.600. The molecule has 1 fully saturated rings. The lowest BCUT2D eigenvalue weighted by Gasteiger charge is -2.26. The summed E-state index contributed by atoms with van der Waals surface area (Å²) in [6, 6.07) is 9.05. The van der Waals surface area contributed by atoms with E-state index >= 15 is 0 Å². The first-order valence-electron chi connectivity index (χ1n) is 6.78. The Bertz CT molecular complexity index is 325. The molecule has 0 unspecified atom stereocenters. The van der Waals surface area contributed by atoms with Crippen LogP contribution in [0.3, 0.4) is 0 Å². The van der Waals surface area contributed by atoms with E-state index in [2.05, 4.69) is 31.2 Å². The van der Waals surface area contributed by atoms with Crippen LogP contribution in [0.2, 0.25) is 0 Å². The Morgan fingerprint density at radius 2 is 1.76 bits per heavy atom. The molecule has 0 radical (unpaired) electrons. The van der Waals surface area contributed by atoms with Gasteiger partial charge in [-0.05, 0) is 55.7 Å². The summed E-state index contributed by atoms with van der Waals surface area (Å²) < 4.78 is 5.59. The van der Waals surface area contributed by atoms with Crippen LogP contribution in [0.4, 0.5) is 0 Å². The summed E-state index contributed by atoms with van der Waals surface area (Å²) in [6.45, 7) is 2.93. The van der Waals surface area contributed by atoms with E-state index in [0.29, 0.717) is 12.0 Å². The van der Waals surface area contributed by atoms with Crippen molar-refractivity contribution in [3.63, 3.8) is 0 Å². The van der Waals surface area contributed by atoms with Crippen LogP contribution in [-0.4, -0.2) is 12.6 Å². The van der Waals surface area contributed by atoms with Crippen molar-refractivity contribution in [2.45, 2.75) is 51.0 Å². The Kier molecular flexibility index (Phi) is 4.43. The maximum absolute atomic E-state index is 5.93. The van der Waals surface area contributed by atoms with Crippen LogP contribution in [0.15, 0.2) is 24.3 Å². The van der Waals surface area contributed by atoms with Gasteiger partial charge in [0.15, 0.2) is 0 Å². The van der Waals surface area contributed by atoms with Crippen molar-refractivity contribution in [1.82, 2.24) is 0 Å². The fourth-order valence-corrected chi connectivity index (χ4v) is 2.51. The zero-order valence-electron chi connectivity index (χ0n) is 10.7. The Morgan fingerprint density at radius 1 is 1.12 bits per heavy atom. The lowest BCUT2D eigenvalue weighted by molar-refractivity contribution is 0.317. The second-order valence-corrected chi connectivity index (χ2v) is 5.03. The monoisotopic (exact) mass is 233 g/mol. The van der Waals surface area contributed by atoms with Gasteiger partial charge in [0.2, 0.25) is 0 Å². The van der Waals surface area contributed by atoms with E-state index in [9.17, 15) is 0 Å². The number of nitrogens with two attached hydrogens (primary N) is 1. The molecule has 2 heteroatoms. The number of ether oxygens (including phenoxy) is 1. The topological polar surface area (TPSA) is 35.2 Å². The zero-order valence-corrected chi connectivity index (χ0v) is 10.7. The average Bonchev–Trinajstić information content (AvgIpc) is 2.38. The molecular weight excluding hydrogens is 210 g/mol. The molecule has 0 aliphatic heterocycles. The summed E-state index contributed by atoms with van der Waals surface area (Å²) in [7, 11) is 0. The second kappa shape index (κ2) is 6.06. The Labute approximate surface area is 104 Å². The molecule has 1 aromatic carbocycles. The van der Waals surface area contributed by atoms with Crippen LogP contribution >= 0.6 is 0 Å². The van der Waals surface area contributed by atoms with Crippen molar-refractivity contribution in [3.05, 3.63) is 29.8 Å². The molecule has 94 valence electrons. The standard InChI is InChI=1S/C15H23NO/c1-2-11-17-15-9-5-13(6-10-15)12-3-7-14(16)8-4-12/h5-6,9-10,12,14H,2-4,7-8,11,16H2,1H3. The molecule has 0 heterocycles. The van der Waals surface area contributed by atoms with Gasteiger partial charge in [-0.25, -0.2) is 0 Å². The predicted molar refractivity (Wildman–Crippen MR) is 71.4 cm³/mol. The Morgan fingerprint density at radius 3 is 2.35 bits per heavy atom. The minimum atomic E-state index is 0.429. The molecule has 0 atom stereocenters. The van der Waals surface area contributed by atoms with Crippen LogP contribution in [0, 0.1) is 0 Å². The molecule has 1 aliphatic rings. The van der Waals surface area contributed by atoms with Crippen molar-refractivity contribution in [3.8, 4) is 5.75 Å². The van der Waals surface area contributed by atoms with Gasteiger partial charge in [0.05, 0.1) is 6.61 Å². The number of hydrogen-bond donors (Lipinski definition) is 1. The Hall–Kier alpha value is -1.02. The highest BCUT2D eigenvalue weighted by atomic mass is 16.5. The predicted octanol–water partition coefficient (Wildman–Crippen LogP) is 3.46. The third-order valence-electron chi connectivity index (χ3n) is 3.60. The third kappa shape index (κ3) is 3.47. The van der Waals surface area contributed by atoms with Gasteiger partial charge in [0.1, 0.15) is 5.75 Å². The van der Waals surface area contributed by atoms with Crippen molar-refractivity contribution in [2.75, 3.05) is 6.61 Å². The summed E-state index contributed by atoms with van der Waals surface area (Å²) >= 11 is 0. The lowest BCUT2D eigenvalue weighted by atomic mass is 9.82. The minimum absolute atomic E-state index is 0.429. The van der Waals surface area contributed by atoms with Gasteiger partial charge in [-0.1, -0.05) is 19.1 Å². The van der Waals surface area contributed by atoms with Crippen LogP contribution in [-0.2, 0) is 0 Å². The highest BCUT2D eigenvalue weighted by Crippen LogP contribution is 2.32. The second-order valence-electron chi connectivity index (χ2n) is 5.03. The van der Waals surface area contributed by atoms with Gasteiger partial charge >= 0.3 is 0 Å². The maximum atomic E-state index is 5.93. The van der Waals surface area contributed by atoms with Crippen LogP contribution in [0.1, 0.15) is 50.5 Å². The lowest BCUT2D eigenvalue weighted by Crippen LogP contribution is -2.25. The summed E-state index contributed by atoms with van der Waals surface area (Å²) in [5.41, 5.74) is 7.38. The molecule has 1 aliphatic carbocycles. The van der Waals surface area contributed by atoms with Crippen molar-refractivity contribution in [1.29, 1.82) is 0 Å². The molecule has 17 heavy (non-hydrogen) atoms. The van der Waals surface area contributed by atoms with E-state index in [1.807, 2.05) is 0 Å². The zero-order chi connectivity index (χ0) is 12.1. The first-order chi connectivity index (χ1) is 8.29. The van der Waals surface area contributed by atoms with Crippen molar-refractivity contribution in [2.24, 2.45) is 5.73 Å². The number of hydrogen-bond acceptors (Lipinski definition) is 2. The molecule has 1 saturated carbocycles. The molecule has 1 aromatic rings. The van der Waals surface area contributed by atoms with E-state index in [1.54, 1.807) is 0 Å². The van der Waals surface area contributed by atoms with E-state index in [1.165, 1.54) is 31.2 Å². The molecule has 0 spiro atoms. The molecule has 0 saturated heterocycles. The van der Waals surface area contributed by atoms with Crippen molar-refractivity contribution < 1.29 is 4.74 Å². The van der Waals surface area contributed by atoms with Crippen LogP contribution < -0.4 is 10.5 Å². The summed E-state index contributed by atoms with van der Waals surface area (Å²) in [4.78, 5) is 0. The molecule has 2 rings (SSSR count). The minimum Gasteiger partial charge on any atom is -0.494 e. The van der Waals surface area contributed by atoms with Gasteiger partial charge in [0, 0.05) is 6.04 Å². The van der Waals surface area contributed by atoms with Gasteiger partial charge in [-0.3, -0.25) is 0 Å². The van der Waals surface area contributed by atoms with Gasteiger partial charge in [-0.15, -0.1) is 0 Å². The highest BCUT2D eigenvalue weighted by molar-refractivity contribution is 5.29. The largest absolute Gasteiger partial charge is 0.494 e. The fourth-order valence-electron chi connectivity index (χ4n) is 2.51. The SMILES string of the molecule is CCCOc1ccc(C2CCC(N)CC2)cc1. The van der Waals surface area contributed by atoms with Crippen LogP contribution in [0.25, 0.3) is 0 Å². The van der Waals surface area contributed by atoms with Gasteiger partial charge in [0.25, 0.3) is 0 Å².